The van der Waals surface area contributed by atoms with Crippen molar-refractivity contribution >= 4 is 5.91 Å². The van der Waals surface area contributed by atoms with Gasteiger partial charge in [-0.05, 0) is 31.0 Å². The summed E-state index contributed by atoms with van der Waals surface area (Å²) in [5.74, 6) is -0.0303. The predicted molar refractivity (Wildman–Crippen MR) is 64.3 cm³/mol. The van der Waals surface area contributed by atoms with Gasteiger partial charge in [0.1, 0.15) is 0 Å². The molecule has 4 nitrogen and oxygen atoms in total. The van der Waals surface area contributed by atoms with Crippen LogP contribution in [0.5, 0.6) is 0 Å². The number of nitrogens with two attached hydrogens (primary N) is 1. The summed E-state index contributed by atoms with van der Waals surface area (Å²) in [6, 6.07) is 8.91. The molecule has 0 bridgehead atoms. The summed E-state index contributed by atoms with van der Waals surface area (Å²) in [5, 5.41) is 8.80. The highest BCUT2D eigenvalue weighted by atomic mass is 16.2. The van der Waals surface area contributed by atoms with Gasteiger partial charge in [0.05, 0.1) is 11.6 Å². The Hall–Kier alpha value is -1.86. The van der Waals surface area contributed by atoms with Crippen LogP contribution in [0, 0.1) is 11.3 Å². The summed E-state index contributed by atoms with van der Waals surface area (Å²) in [5.41, 5.74) is 6.93. The van der Waals surface area contributed by atoms with E-state index in [4.69, 9.17) is 11.0 Å². The van der Waals surface area contributed by atoms with Crippen LogP contribution in [0.4, 0.5) is 0 Å². The minimum absolute atomic E-state index is 0.0303. The van der Waals surface area contributed by atoms with Crippen LogP contribution in [0.2, 0.25) is 0 Å². The van der Waals surface area contributed by atoms with Gasteiger partial charge in [-0.3, -0.25) is 4.79 Å². The first-order valence-electron chi connectivity index (χ1n) is 5.75. The Morgan fingerprint density at radius 1 is 1.53 bits per heavy atom. The second-order valence-corrected chi connectivity index (χ2v) is 4.35. The highest BCUT2D eigenvalue weighted by Gasteiger charge is 2.22. The molecule has 1 aromatic rings. The van der Waals surface area contributed by atoms with Gasteiger partial charge >= 0.3 is 0 Å². The van der Waals surface area contributed by atoms with Crippen LogP contribution in [-0.4, -0.2) is 29.9 Å². The van der Waals surface area contributed by atoms with Gasteiger partial charge in [0, 0.05) is 24.7 Å². The zero-order valence-corrected chi connectivity index (χ0v) is 9.60. The number of amides is 1. The molecule has 2 N–H and O–H groups in total. The summed E-state index contributed by atoms with van der Waals surface area (Å²) in [7, 11) is 0. The van der Waals surface area contributed by atoms with E-state index >= 15 is 0 Å². The van der Waals surface area contributed by atoms with Crippen molar-refractivity contribution < 1.29 is 4.79 Å². The minimum Gasteiger partial charge on any atom is -0.337 e. The summed E-state index contributed by atoms with van der Waals surface area (Å²) in [4.78, 5) is 13.9. The highest BCUT2D eigenvalue weighted by Crippen LogP contribution is 2.13. The molecule has 1 fully saturated rings. The van der Waals surface area contributed by atoms with E-state index in [0.717, 1.165) is 19.4 Å². The number of nitrogens with zero attached hydrogens (tertiary/aromatic N) is 2. The molecule has 17 heavy (non-hydrogen) atoms. The Bertz CT molecular complexity index is 464. The number of rotatable bonds is 1. The number of benzene rings is 1. The fourth-order valence-electron chi connectivity index (χ4n) is 2.10. The van der Waals surface area contributed by atoms with Crippen molar-refractivity contribution in [2.75, 3.05) is 13.1 Å². The summed E-state index contributed by atoms with van der Waals surface area (Å²) < 4.78 is 0. The molecule has 0 saturated carbocycles. The molecule has 0 radical (unpaired) electrons. The van der Waals surface area contributed by atoms with Crippen LogP contribution in [-0.2, 0) is 0 Å². The van der Waals surface area contributed by atoms with E-state index in [0.29, 0.717) is 17.7 Å². The first-order chi connectivity index (χ1) is 8.20. The lowest BCUT2D eigenvalue weighted by Gasteiger charge is -2.30. The van der Waals surface area contributed by atoms with Gasteiger partial charge in [-0.2, -0.15) is 5.26 Å². The topological polar surface area (TPSA) is 70.1 Å². The van der Waals surface area contributed by atoms with Gasteiger partial charge in [0.15, 0.2) is 0 Å². The van der Waals surface area contributed by atoms with Crippen molar-refractivity contribution in [3.8, 4) is 6.07 Å². The highest BCUT2D eigenvalue weighted by molar-refractivity contribution is 5.94. The average molecular weight is 229 g/mol. The first kappa shape index (κ1) is 11.6. The van der Waals surface area contributed by atoms with Crippen molar-refractivity contribution in [1.82, 2.24) is 4.90 Å². The molecule has 4 heteroatoms. The predicted octanol–water partition coefficient (Wildman–Crippen LogP) is 1.12. The molecular weight excluding hydrogens is 214 g/mol. The van der Waals surface area contributed by atoms with Gasteiger partial charge in [-0.15, -0.1) is 0 Å². The molecular formula is C13H15N3O. The second-order valence-electron chi connectivity index (χ2n) is 4.35. The monoisotopic (exact) mass is 229 g/mol. The summed E-state index contributed by atoms with van der Waals surface area (Å²) in [6.45, 7) is 1.36. The molecule has 0 spiro atoms. The number of hydrogen-bond donors (Lipinski definition) is 1. The number of piperidine rings is 1. The lowest BCUT2D eigenvalue weighted by atomic mass is 10.0. The Morgan fingerprint density at radius 2 is 2.35 bits per heavy atom. The fraction of sp³-hybridized carbons (Fsp3) is 0.385. The zero-order valence-electron chi connectivity index (χ0n) is 9.60. The van der Waals surface area contributed by atoms with E-state index in [1.54, 1.807) is 29.2 Å². The van der Waals surface area contributed by atoms with E-state index in [2.05, 4.69) is 0 Å². The van der Waals surface area contributed by atoms with Gasteiger partial charge in [0.25, 0.3) is 5.91 Å². The quantitative estimate of drug-likeness (QED) is 0.784. The maximum Gasteiger partial charge on any atom is 0.253 e. The van der Waals surface area contributed by atoms with Crippen molar-refractivity contribution in [2.45, 2.75) is 18.9 Å². The smallest absolute Gasteiger partial charge is 0.253 e. The number of nitriles is 1. The van der Waals surface area contributed by atoms with Crippen LogP contribution in [0.1, 0.15) is 28.8 Å². The number of hydrogen-bond acceptors (Lipinski definition) is 3. The van der Waals surface area contributed by atoms with Crippen molar-refractivity contribution in [2.24, 2.45) is 5.73 Å². The normalized spacial score (nSPS) is 19.8. The van der Waals surface area contributed by atoms with E-state index < -0.39 is 0 Å². The molecule has 1 amide bonds. The Kier molecular flexibility index (Phi) is 3.40. The molecule has 1 aromatic carbocycles. The first-order valence-corrected chi connectivity index (χ1v) is 5.75. The molecule has 0 aliphatic carbocycles. The van der Waals surface area contributed by atoms with Crippen molar-refractivity contribution in [3.63, 3.8) is 0 Å². The molecule has 2 rings (SSSR count). The van der Waals surface area contributed by atoms with Crippen LogP contribution < -0.4 is 5.73 Å². The molecule has 1 aliphatic rings. The third-order valence-corrected chi connectivity index (χ3v) is 2.98. The molecule has 0 aromatic heterocycles. The van der Waals surface area contributed by atoms with Gasteiger partial charge in [0.2, 0.25) is 0 Å². The van der Waals surface area contributed by atoms with E-state index in [-0.39, 0.29) is 11.9 Å². The van der Waals surface area contributed by atoms with E-state index in [9.17, 15) is 4.79 Å². The molecule has 1 aliphatic heterocycles. The van der Waals surface area contributed by atoms with E-state index in [1.165, 1.54) is 0 Å². The largest absolute Gasteiger partial charge is 0.337 e. The van der Waals surface area contributed by atoms with Crippen molar-refractivity contribution in [1.29, 1.82) is 5.26 Å². The average Bonchev–Trinajstić information content (AvgIpc) is 2.38. The summed E-state index contributed by atoms with van der Waals surface area (Å²) in [6.07, 6.45) is 1.92. The summed E-state index contributed by atoms with van der Waals surface area (Å²) >= 11 is 0. The molecule has 88 valence electrons. The molecule has 1 saturated heterocycles. The number of carbonyl (C=O) groups excluding carboxylic acids is 1. The standard InChI is InChI=1S/C13H15N3O/c14-8-10-3-1-4-11(7-10)13(17)16-6-2-5-12(15)9-16/h1,3-4,7,12H,2,5-6,9,15H2. The maximum absolute atomic E-state index is 12.2. The fourth-order valence-corrected chi connectivity index (χ4v) is 2.10. The lowest BCUT2D eigenvalue weighted by Crippen LogP contribution is -2.45. The van der Waals surface area contributed by atoms with Crippen LogP contribution >= 0.6 is 0 Å². The number of carbonyl (C=O) groups is 1. The van der Waals surface area contributed by atoms with Gasteiger partial charge in [-0.1, -0.05) is 6.07 Å². The third-order valence-electron chi connectivity index (χ3n) is 2.98. The van der Waals surface area contributed by atoms with Gasteiger partial charge < -0.3 is 10.6 Å². The lowest BCUT2D eigenvalue weighted by molar-refractivity contribution is 0.0709. The molecule has 1 atom stereocenters. The van der Waals surface area contributed by atoms with E-state index in [1.807, 2.05) is 6.07 Å². The Balaban J connectivity index is 2.16. The SMILES string of the molecule is N#Cc1cccc(C(=O)N2CCCC(N)C2)c1. The third kappa shape index (κ3) is 2.63. The van der Waals surface area contributed by atoms with Gasteiger partial charge in [-0.25, -0.2) is 0 Å². The molecule has 1 heterocycles. The zero-order chi connectivity index (χ0) is 12.3. The Labute approximate surface area is 101 Å². The number of likely N-dealkylation sites (tertiary alicyclic amines) is 1. The van der Waals surface area contributed by atoms with Crippen LogP contribution in [0.15, 0.2) is 24.3 Å². The van der Waals surface area contributed by atoms with Crippen LogP contribution in [0.25, 0.3) is 0 Å². The maximum atomic E-state index is 12.2. The van der Waals surface area contributed by atoms with Crippen LogP contribution in [0.3, 0.4) is 0 Å². The molecule has 1 unspecified atom stereocenters. The Morgan fingerprint density at radius 3 is 3.06 bits per heavy atom. The minimum atomic E-state index is -0.0303. The van der Waals surface area contributed by atoms with Crippen molar-refractivity contribution in [3.05, 3.63) is 35.4 Å². The second kappa shape index (κ2) is 4.98.